The van der Waals surface area contributed by atoms with Crippen molar-refractivity contribution in [2.24, 2.45) is 17.3 Å². The summed E-state index contributed by atoms with van der Waals surface area (Å²) in [5.74, 6) is -0.0835. The summed E-state index contributed by atoms with van der Waals surface area (Å²) >= 11 is 0. The van der Waals surface area contributed by atoms with Gasteiger partial charge in [0.05, 0.1) is 5.41 Å². The number of hydrogen-bond donors (Lipinski definition) is 1. The van der Waals surface area contributed by atoms with Gasteiger partial charge in [0.1, 0.15) is 0 Å². The number of rotatable bonds is 3. The van der Waals surface area contributed by atoms with Gasteiger partial charge in [-0.25, -0.2) is 0 Å². The molecule has 66 valence electrons. The quantitative estimate of drug-likeness (QED) is 0.684. The van der Waals surface area contributed by atoms with E-state index in [0.29, 0.717) is 5.92 Å². The lowest BCUT2D eigenvalue weighted by molar-refractivity contribution is -0.150. The molecule has 0 aliphatic carbocycles. The molecule has 0 radical (unpaired) electrons. The van der Waals surface area contributed by atoms with Crippen molar-refractivity contribution in [3.05, 3.63) is 0 Å². The molecule has 0 aromatic carbocycles. The van der Waals surface area contributed by atoms with Gasteiger partial charge in [-0.2, -0.15) is 0 Å². The fourth-order valence-electron chi connectivity index (χ4n) is 1.03. The SMILES string of the molecule is CC(C)C(C)C(C)(C)C(=O)O. The molecule has 0 aliphatic rings. The molecule has 0 spiro atoms. The molecular weight excluding hydrogens is 140 g/mol. The normalized spacial score (nSPS) is 15.1. The molecule has 0 aliphatic heterocycles. The zero-order chi connectivity index (χ0) is 9.23. The highest BCUT2D eigenvalue weighted by atomic mass is 16.4. The van der Waals surface area contributed by atoms with Gasteiger partial charge in [-0.05, 0) is 25.7 Å². The van der Waals surface area contributed by atoms with Crippen molar-refractivity contribution in [2.75, 3.05) is 0 Å². The third-order valence-electron chi connectivity index (χ3n) is 2.69. The minimum atomic E-state index is -0.710. The van der Waals surface area contributed by atoms with Gasteiger partial charge in [-0.3, -0.25) is 4.79 Å². The average molecular weight is 158 g/mol. The lowest BCUT2D eigenvalue weighted by Crippen LogP contribution is -2.33. The molecule has 0 rings (SSSR count). The summed E-state index contributed by atoms with van der Waals surface area (Å²) < 4.78 is 0. The largest absolute Gasteiger partial charge is 0.481 e. The number of carboxylic acid groups (broad SMARTS) is 1. The van der Waals surface area contributed by atoms with Crippen LogP contribution < -0.4 is 0 Å². The molecule has 1 unspecified atom stereocenters. The van der Waals surface area contributed by atoms with E-state index in [1.807, 2.05) is 6.92 Å². The molecule has 0 amide bonds. The first-order chi connectivity index (χ1) is 4.80. The molecule has 2 nitrogen and oxygen atoms in total. The van der Waals surface area contributed by atoms with E-state index in [0.717, 1.165) is 0 Å². The van der Waals surface area contributed by atoms with Crippen molar-refractivity contribution < 1.29 is 9.90 Å². The Morgan fingerprint density at radius 1 is 1.27 bits per heavy atom. The summed E-state index contributed by atoms with van der Waals surface area (Å²) in [5.41, 5.74) is -0.603. The van der Waals surface area contributed by atoms with Crippen LogP contribution in [0.2, 0.25) is 0 Å². The smallest absolute Gasteiger partial charge is 0.309 e. The Balaban J connectivity index is 4.42. The molecule has 0 heterocycles. The molecule has 11 heavy (non-hydrogen) atoms. The van der Waals surface area contributed by atoms with Gasteiger partial charge in [0, 0.05) is 0 Å². The van der Waals surface area contributed by atoms with Crippen LogP contribution >= 0.6 is 0 Å². The molecule has 1 atom stereocenters. The lowest BCUT2D eigenvalue weighted by atomic mass is 9.74. The van der Waals surface area contributed by atoms with E-state index in [9.17, 15) is 4.79 Å². The summed E-state index contributed by atoms with van der Waals surface area (Å²) in [4.78, 5) is 10.8. The standard InChI is InChI=1S/C9H18O2/c1-6(2)7(3)9(4,5)8(10)11/h6-7H,1-5H3,(H,10,11). The van der Waals surface area contributed by atoms with Crippen LogP contribution in [0, 0.1) is 17.3 Å². The fraction of sp³-hybridized carbons (Fsp3) is 0.889. The maximum atomic E-state index is 10.8. The van der Waals surface area contributed by atoms with E-state index in [1.165, 1.54) is 0 Å². The summed E-state index contributed by atoms with van der Waals surface area (Å²) in [6, 6.07) is 0. The van der Waals surface area contributed by atoms with Gasteiger partial charge in [0.25, 0.3) is 0 Å². The Morgan fingerprint density at radius 3 is 1.73 bits per heavy atom. The summed E-state index contributed by atoms with van der Waals surface area (Å²) in [6.07, 6.45) is 0. The zero-order valence-electron chi connectivity index (χ0n) is 8.01. The summed E-state index contributed by atoms with van der Waals surface area (Å²) in [7, 11) is 0. The highest BCUT2D eigenvalue weighted by molar-refractivity contribution is 5.73. The van der Waals surface area contributed by atoms with Gasteiger partial charge in [-0.15, -0.1) is 0 Å². The van der Waals surface area contributed by atoms with Crippen LogP contribution in [-0.4, -0.2) is 11.1 Å². The summed E-state index contributed by atoms with van der Waals surface area (Å²) in [5, 5.41) is 8.86. The van der Waals surface area contributed by atoms with E-state index in [2.05, 4.69) is 13.8 Å². The predicted molar refractivity (Wildman–Crippen MR) is 45.4 cm³/mol. The lowest BCUT2D eigenvalue weighted by Gasteiger charge is -2.30. The van der Waals surface area contributed by atoms with Gasteiger partial charge < -0.3 is 5.11 Å². The van der Waals surface area contributed by atoms with Crippen LogP contribution in [0.3, 0.4) is 0 Å². The van der Waals surface area contributed by atoms with Gasteiger partial charge in [0.15, 0.2) is 0 Å². The van der Waals surface area contributed by atoms with E-state index in [4.69, 9.17) is 5.11 Å². The van der Waals surface area contributed by atoms with Crippen molar-refractivity contribution >= 4 is 5.97 Å². The second-order valence-electron chi connectivity index (χ2n) is 4.06. The van der Waals surface area contributed by atoms with E-state index in [1.54, 1.807) is 13.8 Å². The van der Waals surface area contributed by atoms with Crippen LogP contribution in [0.4, 0.5) is 0 Å². The monoisotopic (exact) mass is 158 g/mol. The first-order valence-electron chi connectivity index (χ1n) is 4.03. The molecule has 0 aromatic heterocycles. The highest BCUT2D eigenvalue weighted by Gasteiger charge is 2.35. The summed E-state index contributed by atoms with van der Waals surface area (Å²) in [6.45, 7) is 9.64. The Kier molecular flexibility index (Phi) is 3.09. The predicted octanol–water partition coefficient (Wildman–Crippen LogP) is 2.39. The Hall–Kier alpha value is -0.530. The van der Waals surface area contributed by atoms with E-state index in [-0.39, 0.29) is 5.92 Å². The molecular formula is C9H18O2. The number of carboxylic acids is 1. The van der Waals surface area contributed by atoms with E-state index < -0.39 is 11.4 Å². The van der Waals surface area contributed by atoms with Crippen molar-refractivity contribution in [1.82, 2.24) is 0 Å². The number of hydrogen-bond acceptors (Lipinski definition) is 1. The molecule has 0 fully saturated rings. The third-order valence-corrected chi connectivity index (χ3v) is 2.69. The number of carbonyl (C=O) groups is 1. The van der Waals surface area contributed by atoms with E-state index >= 15 is 0 Å². The molecule has 0 aromatic rings. The first-order valence-corrected chi connectivity index (χ1v) is 4.03. The maximum Gasteiger partial charge on any atom is 0.309 e. The Morgan fingerprint density at radius 2 is 1.64 bits per heavy atom. The van der Waals surface area contributed by atoms with Crippen molar-refractivity contribution in [2.45, 2.75) is 34.6 Å². The Bertz CT molecular complexity index is 148. The fourth-order valence-corrected chi connectivity index (χ4v) is 1.03. The Labute approximate surface area is 68.6 Å². The van der Waals surface area contributed by atoms with Crippen LogP contribution in [0.15, 0.2) is 0 Å². The molecule has 0 saturated carbocycles. The van der Waals surface area contributed by atoms with Gasteiger partial charge in [-0.1, -0.05) is 20.8 Å². The second-order valence-corrected chi connectivity index (χ2v) is 4.06. The van der Waals surface area contributed by atoms with Crippen LogP contribution in [0.1, 0.15) is 34.6 Å². The minimum Gasteiger partial charge on any atom is -0.481 e. The minimum absolute atomic E-state index is 0.208. The maximum absolute atomic E-state index is 10.8. The zero-order valence-corrected chi connectivity index (χ0v) is 8.01. The first kappa shape index (κ1) is 10.5. The topological polar surface area (TPSA) is 37.3 Å². The van der Waals surface area contributed by atoms with Crippen molar-refractivity contribution in [3.63, 3.8) is 0 Å². The second kappa shape index (κ2) is 3.24. The molecule has 1 N–H and O–H groups in total. The average Bonchev–Trinajstić information content (AvgIpc) is 1.85. The van der Waals surface area contributed by atoms with Crippen LogP contribution in [-0.2, 0) is 4.79 Å². The van der Waals surface area contributed by atoms with Crippen molar-refractivity contribution in [3.8, 4) is 0 Å². The van der Waals surface area contributed by atoms with Gasteiger partial charge >= 0.3 is 5.97 Å². The highest BCUT2D eigenvalue weighted by Crippen LogP contribution is 2.32. The van der Waals surface area contributed by atoms with Crippen molar-refractivity contribution in [1.29, 1.82) is 0 Å². The van der Waals surface area contributed by atoms with Crippen LogP contribution in [0.25, 0.3) is 0 Å². The third kappa shape index (κ3) is 2.21. The number of aliphatic carboxylic acids is 1. The molecule has 0 bridgehead atoms. The van der Waals surface area contributed by atoms with Gasteiger partial charge in [0.2, 0.25) is 0 Å². The molecule has 0 saturated heterocycles. The van der Waals surface area contributed by atoms with Crippen LogP contribution in [0.5, 0.6) is 0 Å². The molecule has 2 heteroatoms.